The average Bonchev–Trinajstić information content (AvgIpc) is 2.51. The topological polar surface area (TPSA) is 54.4 Å². The number of rotatable bonds is 11. The summed E-state index contributed by atoms with van der Waals surface area (Å²) in [6.07, 6.45) is 10.3. The molecule has 0 aromatic heterocycles. The van der Waals surface area contributed by atoms with Crippen LogP contribution in [-0.4, -0.2) is 13.0 Å². The van der Waals surface area contributed by atoms with Gasteiger partial charge in [0.15, 0.2) is 0 Å². The predicted octanol–water partition coefficient (Wildman–Crippen LogP) is 5.81. The van der Waals surface area contributed by atoms with Gasteiger partial charge in [-0.3, -0.25) is 4.55 Å². The highest BCUT2D eigenvalue weighted by Crippen LogP contribution is 2.26. The van der Waals surface area contributed by atoms with E-state index in [2.05, 4.69) is 20.8 Å². The second-order valence-electron chi connectivity index (χ2n) is 6.83. The van der Waals surface area contributed by atoms with Crippen molar-refractivity contribution in [2.75, 3.05) is 0 Å². The van der Waals surface area contributed by atoms with Gasteiger partial charge in [-0.05, 0) is 36.0 Å². The van der Waals surface area contributed by atoms with Crippen LogP contribution in [0.25, 0.3) is 0 Å². The van der Waals surface area contributed by atoms with Crippen LogP contribution in [0.15, 0.2) is 29.2 Å². The van der Waals surface area contributed by atoms with Gasteiger partial charge in [-0.1, -0.05) is 77.8 Å². The van der Waals surface area contributed by atoms with Crippen molar-refractivity contribution in [1.29, 1.82) is 0 Å². The molecule has 0 radical (unpaired) electrons. The summed E-state index contributed by atoms with van der Waals surface area (Å²) >= 11 is 0. The van der Waals surface area contributed by atoms with Crippen molar-refractivity contribution >= 4 is 10.1 Å². The zero-order valence-corrected chi connectivity index (χ0v) is 15.6. The molecule has 0 spiro atoms. The highest BCUT2D eigenvalue weighted by Gasteiger charge is 2.12. The van der Waals surface area contributed by atoms with E-state index in [1.807, 2.05) is 12.1 Å². The van der Waals surface area contributed by atoms with Gasteiger partial charge in [-0.25, -0.2) is 0 Å². The van der Waals surface area contributed by atoms with E-state index < -0.39 is 10.1 Å². The van der Waals surface area contributed by atoms with E-state index >= 15 is 0 Å². The van der Waals surface area contributed by atoms with Gasteiger partial charge in [0, 0.05) is 0 Å². The molecule has 0 amide bonds. The lowest BCUT2D eigenvalue weighted by molar-refractivity contribution is 0.430. The SMILES string of the molecule is CCCCCCCC(C)CCC(C)c1ccc(S(=O)(=O)O)cc1. The summed E-state index contributed by atoms with van der Waals surface area (Å²) < 4.78 is 31.1. The van der Waals surface area contributed by atoms with Crippen molar-refractivity contribution in [3.05, 3.63) is 29.8 Å². The fraction of sp³-hybridized carbons (Fsp3) is 0.684. The van der Waals surface area contributed by atoms with Crippen molar-refractivity contribution < 1.29 is 13.0 Å². The molecule has 1 N–H and O–H groups in total. The maximum atomic E-state index is 11.1. The summed E-state index contributed by atoms with van der Waals surface area (Å²) in [7, 11) is -4.09. The van der Waals surface area contributed by atoms with Crippen LogP contribution in [0.5, 0.6) is 0 Å². The van der Waals surface area contributed by atoms with Crippen LogP contribution < -0.4 is 0 Å². The van der Waals surface area contributed by atoms with E-state index in [1.54, 1.807) is 0 Å². The summed E-state index contributed by atoms with van der Waals surface area (Å²) in [6, 6.07) is 6.59. The van der Waals surface area contributed by atoms with Crippen molar-refractivity contribution in [2.24, 2.45) is 5.92 Å². The zero-order valence-electron chi connectivity index (χ0n) is 14.8. The Morgan fingerprint density at radius 1 is 0.913 bits per heavy atom. The van der Waals surface area contributed by atoms with Crippen LogP contribution >= 0.6 is 0 Å². The fourth-order valence-corrected chi connectivity index (χ4v) is 3.39. The van der Waals surface area contributed by atoms with Crippen LogP contribution in [0.3, 0.4) is 0 Å². The number of hydrogen-bond donors (Lipinski definition) is 1. The van der Waals surface area contributed by atoms with Gasteiger partial charge < -0.3 is 0 Å². The maximum Gasteiger partial charge on any atom is 0.294 e. The quantitative estimate of drug-likeness (QED) is 0.408. The first-order valence-corrected chi connectivity index (χ1v) is 10.4. The molecule has 3 nitrogen and oxygen atoms in total. The lowest BCUT2D eigenvalue weighted by Crippen LogP contribution is -2.02. The summed E-state index contributed by atoms with van der Waals surface area (Å²) in [5.41, 5.74) is 1.13. The Kier molecular flexibility index (Phi) is 8.85. The fourth-order valence-electron chi connectivity index (χ4n) is 2.91. The molecule has 132 valence electrons. The van der Waals surface area contributed by atoms with Gasteiger partial charge in [0.1, 0.15) is 0 Å². The van der Waals surface area contributed by atoms with Gasteiger partial charge in [-0.15, -0.1) is 0 Å². The van der Waals surface area contributed by atoms with E-state index in [-0.39, 0.29) is 4.90 Å². The lowest BCUT2D eigenvalue weighted by Gasteiger charge is -2.16. The van der Waals surface area contributed by atoms with Crippen LogP contribution in [0.4, 0.5) is 0 Å². The second kappa shape index (κ2) is 10.1. The molecule has 23 heavy (non-hydrogen) atoms. The van der Waals surface area contributed by atoms with Gasteiger partial charge >= 0.3 is 0 Å². The Morgan fingerprint density at radius 3 is 2.09 bits per heavy atom. The molecule has 0 aliphatic rings. The first kappa shape index (κ1) is 20.2. The Bertz CT molecular complexity index is 534. The van der Waals surface area contributed by atoms with Crippen LogP contribution in [0.2, 0.25) is 0 Å². The summed E-state index contributed by atoms with van der Waals surface area (Å²) in [5.74, 6) is 1.16. The van der Waals surface area contributed by atoms with Crippen LogP contribution in [0, 0.1) is 5.92 Å². The summed E-state index contributed by atoms with van der Waals surface area (Å²) in [5, 5.41) is 0. The minimum atomic E-state index is -4.09. The standard InChI is InChI=1S/C19H32O3S/c1-4-5-6-7-8-9-16(2)10-11-17(3)18-12-14-19(15-13-18)23(20,21)22/h12-17H,4-11H2,1-3H3,(H,20,21,22). The van der Waals surface area contributed by atoms with Gasteiger partial charge in [0.2, 0.25) is 0 Å². The van der Waals surface area contributed by atoms with Gasteiger partial charge in [0.05, 0.1) is 4.90 Å². The van der Waals surface area contributed by atoms with Crippen molar-refractivity contribution in [1.82, 2.24) is 0 Å². The molecule has 1 aromatic rings. The summed E-state index contributed by atoms with van der Waals surface area (Å²) in [6.45, 7) is 6.75. The number of hydrogen-bond acceptors (Lipinski definition) is 2. The Morgan fingerprint density at radius 2 is 1.52 bits per heavy atom. The molecule has 4 heteroatoms. The van der Waals surface area contributed by atoms with Gasteiger partial charge in [0.25, 0.3) is 10.1 Å². The molecular weight excluding hydrogens is 308 g/mol. The van der Waals surface area contributed by atoms with E-state index in [1.165, 1.54) is 57.1 Å². The predicted molar refractivity (Wildman–Crippen MR) is 96.4 cm³/mol. The van der Waals surface area contributed by atoms with Crippen molar-refractivity contribution in [3.63, 3.8) is 0 Å². The second-order valence-corrected chi connectivity index (χ2v) is 8.25. The molecule has 0 bridgehead atoms. The molecule has 0 aliphatic heterocycles. The Hall–Kier alpha value is -0.870. The molecule has 0 saturated carbocycles. The number of benzene rings is 1. The molecule has 0 heterocycles. The molecule has 2 unspecified atom stereocenters. The highest BCUT2D eigenvalue weighted by atomic mass is 32.2. The minimum Gasteiger partial charge on any atom is -0.282 e. The third-order valence-electron chi connectivity index (χ3n) is 4.64. The molecule has 2 atom stereocenters. The first-order chi connectivity index (χ1) is 10.8. The third-order valence-corrected chi connectivity index (χ3v) is 5.51. The molecule has 0 fully saturated rings. The van der Waals surface area contributed by atoms with Gasteiger partial charge in [-0.2, -0.15) is 8.42 Å². The molecule has 0 saturated heterocycles. The van der Waals surface area contributed by atoms with Crippen molar-refractivity contribution in [3.8, 4) is 0 Å². The van der Waals surface area contributed by atoms with Crippen LogP contribution in [0.1, 0.15) is 83.6 Å². The largest absolute Gasteiger partial charge is 0.294 e. The van der Waals surface area contributed by atoms with E-state index in [9.17, 15) is 8.42 Å². The van der Waals surface area contributed by atoms with Crippen molar-refractivity contribution in [2.45, 2.75) is 83.0 Å². The average molecular weight is 341 g/mol. The minimum absolute atomic E-state index is 0.0334. The first-order valence-electron chi connectivity index (χ1n) is 8.92. The maximum absolute atomic E-state index is 11.1. The molecular formula is C19H32O3S. The van der Waals surface area contributed by atoms with Crippen LogP contribution in [-0.2, 0) is 10.1 Å². The molecule has 1 rings (SSSR count). The third kappa shape index (κ3) is 7.98. The highest BCUT2D eigenvalue weighted by molar-refractivity contribution is 7.85. The Balaban J connectivity index is 2.34. The van der Waals surface area contributed by atoms with E-state index in [4.69, 9.17) is 4.55 Å². The lowest BCUT2D eigenvalue weighted by atomic mass is 9.90. The smallest absolute Gasteiger partial charge is 0.282 e. The zero-order chi connectivity index (χ0) is 17.3. The van der Waals surface area contributed by atoms with E-state index in [0.29, 0.717) is 5.92 Å². The Labute approximate surface area is 142 Å². The normalized spacial score (nSPS) is 14.6. The number of unbranched alkanes of at least 4 members (excludes halogenated alkanes) is 4. The monoisotopic (exact) mass is 340 g/mol. The van der Waals surface area contributed by atoms with E-state index in [0.717, 1.165) is 17.9 Å². The molecule has 0 aliphatic carbocycles. The molecule has 1 aromatic carbocycles. The summed E-state index contributed by atoms with van der Waals surface area (Å²) in [4.78, 5) is -0.0334.